The van der Waals surface area contributed by atoms with Crippen molar-refractivity contribution in [1.29, 1.82) is 0 Å². The molecule has 1 aliphatic carbocycles. The highest BCUT2D eigenvalue weighted by molar-refractivity contribution is 9.12. The summed E-state index contributed by atoms with van der Waals surface area (Å²) in [5.74, 6) is -1.05. The molecule has 0 amide bonds. The fourth-order valence-corrected chi connectivity index (χ4v) is 2.57. The summed E-state index contributed by atoms with van der Waals surface area (Å²) in [5.41, 5.74) is 6.27. The molecule has 1 aromatic heterocycles. The van der Waals surface area contributed by atoms with Gasteiger partial charge in [-0.25, -0.2) is 9.97 Å². The van der Waals surface area contributed by atoms with Gasteiger partial charge in [-0.05, 0) is 15.9 Å². The molecule has 0 spiro atoms. The Morgan fingerprint density at radius 3 is 2.24 bits per heavy atom. The number of benzene rings is 1. The molecule has 0 unspecified atom stereocenters. The summed E-state index contributed by atoms with van der Waals surface area (Å²) in [4.78, 5) is 32.4. The van der Waals surface area contributed by atoms with Gasteiger partial charge in [-0.15, -0.1) is 0 Å². The van der Waals surface area contributed by atoms with E-state index < -0.39 is 11.6 Å². The quantitative estimate of drug-likeness (QED) is 0.841. The predicted molar refractivity (Wildman–Crippen MR) is 81.3 cm³/mol. The molecule has 0 saturated heterocycles. The third kappa shape index (κ3) is 2.16. The van der Waals surface area contributed by atoms with Crippen LogP contribution in [0.4, 0.5) is 0 Å². The van der Waals surface area contributed by atoms with Crippen molar-refractivity contribution in [2.24, 2.45) is 5.73 Å². The number of carbonyl (C=O) groups is 2. The van der Waals surface area contributed by atoms with Gasteiger partial charge in [0, 0.05) is 5.56 Å². The summed E-state index contributed by atoms with van der Waals surface area (Å²) < 4.78 is -0.00404. The van der Waals surface area contributed by atoms with Gasteiger partial charge in [-0.3, -0.25) is 9.59 Å². The van der Waals surface area contributed by atoms with Gasteiger partial charge < -0.3 is 5.73 Å². The molecule has 5 nitrogen and oxygen atoms in total. The summed E-state index contributed by atoms with van der Waals surface area (Å²) in [7, 11) is 0. The fourth-order valence-electron chi connectivity index (χ4n) is 1.96. The van der Waals surface area contributed by atoms with Gasteiger partial charge >= 0.3 is 0 Å². The normalized spacial score (nSPS) is 14.4. The van der Waals surface area contributed by atoms with Gasteiger partial charge in [-0.1, -0.05) is 41.9 Å². The maximum absolute atomic E-state index is 12.2. The highest BCUT2D eigenvalue weighted by atomic mass is 79.9. The largest absolute Gasteiger partial charge is 0.394 e. The number of nitrogens with two attached hydrogens (primary N) is 1. The van der Waals surface area contributed by atoms with Crippen LogP contribution in [0.1, 0.15) is 21.0 Å². The Bertz CT molecular complexity index is 818. The van der Waals surface area contributed by atoms with Crippen molar-refractivity contribution < 1.29 is 9.59 Å². The van der Waals surface area contributed by atoms with Crippen LogP contribution in [0.5, 0.6) is 0 Å². The van der Waals surface area contributed by atoms with Crippen LogP contribution in [0.3, 0.4) is 0 Å². The van der Waals surface area contributed by atoms with Crippen LogP contribution >= 0.6 is 27.5 Å². The van der Waals surface area contributed by atoms with Gasteiger partial charge in [0.25, 0.3) is 0 Å². The standard InChI is InChI=1S/C14H7BrClN3O2/c15-7-8(17)13(21)11-10(12(7)20)18-9(14(16)19-11)6-4-2-1-3-5-6/h1-5H,17H2. The maximum Gasteiger partial charge on any atom is 0.230 e. The number of allylic oxidation sites excluding steroid dienone is 2. The van der Waals surface area contributed by atoms with E-state index in [2.05, 4.69) is 25.9 Å². The number of halogens is 2. The summed E-state index contributed by atoms with van der Waals surface area (Å²) in [6.45, 7) is 0. The maximum atomic E-state index is 12.2. The molecule has 0 atom stereocenters. The minimum Gasteiger partial charge on any atom is -0.394 e. The molecular weight excluding hydrogens is 358 g/mol. The molecule has 2 N–H and O–H groups in total. The number of hydrogen-bond donors (Lipinski definition) is 1. The van der Waals surface area contributed by atoms with Gasteiger partial charge in [-0.2, -0.15) is 0 Å². The van der Waals surface area contributed by atoms with E-state index in [-0.39, 0.29) is 26.7 Å². The highest BCUT2D eigenvalue weighted by Gasteiger charge is 2.33. The molecule has 2 aromatic rings. The number of Topliss-reactive ketones (excluding diaryl/α,β-unsaturated/α-hetero) is 2. The van der Waals surface area contributed by atoms with Crippen molar-refractivity contribution in [3.63, 3.8) is 0 Å². The van der Waals surface area contributed by atoms with E-state index in [9.17, 15) is 9.59 Å². The second kappa shape index (κ2) is 5.05. The van der Waals surface area contributed by atoms with E-state index in [0.29, 0.717) is 11.3 Å². The molecule has 0 saturated carbocycles. The van der Waals surface area contributed by atoms with Crippen LogP contribution in [0, 0.1) is 0 Å². The van der Waals surface area contributed by atoms with Crippen LogP contribution in [-0.2, 0) is 0 Å². The second-order valence-corrected chi connectivity index (χ2v) is 5.46. The monoisotopic (exact) mass is 363 g/mol. The summed E-state index contributed by atoms with van der Waals surface area (Å²) in [5, 5.41) is 0.0481. The first-order valence-electron chi connectivity index (χ1n) is 5.88. The molecule has 1 aromatic carbocycles. The van der Waals surface area contributed by atoms with Crippen molar-refractivity contribution in [2.75, 3.05) is 0 Å². The van der Waals surface area contributed by atoms with Crippen LogP contribution in [0.15, 0.2) is 40.5 Å². The van der Waals surface area contributed by atoms with Crippen molar-refractivity contribution in [1.82, 2.24) is 9.97 Å². The first-order valence-corrected chi connectivity index (χ1v) is 7.05. The Morgan fingerprint density at radius 2 is 1.57 bits per heavy atom. The molecule has 104 valence electrons. The number of hydrogen-bond acceptors (Lipinski definition) is 5. The number of fused-ring (bicyclic) bond motifs is 1. The van der Waals surface area contributed by atoms with Gasteiger partial charge in [0.2, 0.25) is 11.6 Å². The molecule has 7 heteroatoms. The Labute approximate surface area is 133 Å². The van der Waals surface area contributed by atoms with Gasteiger partial charge in [0.1, 0.15) is 22.8 Å². The molecule has 21 heavy (non-hydrogen) atoms. The predicted octanol–water partition coefficient (Wildman–Crippen LogP) is 2.74. The zero-order valence-corrected chi connectivity index (χ0v) is 12.8. The lowest BCUT2D eigenvalue weighted by Crippen LogP contribution is -2.27. The zero-order chi connectivity index (χ0) is 15.1. The lowest BCUT2D eigenvalue weighted by molar-refractivity contribution is 0.0973. The Hall–Kier alpha value is -2.05. The molecule has 1 aliphatic rings. The van der Waals surface area contributed by atoms with E-state index in [1.807, 2.05) is 18.2 Å². The van der Waals surface area contributed by atoms with Crippen molar-refractivity contribution >= 4 is 39.1 Å². The van der Waals surface area contributed by atoms with Crippen LogP contribution in [0.25, 0.3) is 11.3 Å². The second-order valence-electron chi connectivity index (χ2n) is 4.31. The highest BCUT2D eigenvalue weighted by Crippen LogP contribution is 2.30. The van der Waals surface area contributed by atoms with Gasteiger partial charge in [0.05, 0.1) is 4.48 Å². The van der Waals surface area contributed by atoms with E-state index in [4.69, 9.17) is 17.3 Å². The summed E-state index contributed by atoms with van der Waals surface area (Å²) in [6.07, 6.45) is 0. The van der Waals surface area contributed by atoms with Crippen molar-refractivity contribution in [3.05, 3.63) is 57.1 Å². The number of ketones is 2. The Kier molecular flexibility index (Phi) is 3.35. The van der Waals surface area contributed by atoms with E-state index in [0.717, 1.165) is 0 Å². The van der Waals surface area contributed by atoms with Crippen LogP contribution in [-0.4, -0.2) is 21.5 Å². The number of rotatable bonds is 1. The van der Waals surface area contributed by atoms with E-state index in [1.54, 1.807) is 12.1 Å². The topological polar surface area (TPSA) is 85.9 Å². The molecule has 1 heterocycles. The summed E-state index contributed by atoms with van der Waals surface area (Å²) in [6, 6.07) is 9.05. The molecule has 3 rings (SSSR count). The molecular formula is C14H7BrClN3O2. The average molecular weight is 365 g/mol. The lowest BCUT2D eigenvalue weighted by atomic mass is 10.0. The van der Waals surface area contributed by atoms with E-state index >= 15 is 0 Å². The van der Waals surface area contributed by atoms with Crippen LogP contribution < -0.4 is 5.73 Å². The molecule has 0 aliphatic heterocycles. The van der Waals surface area contributed by atoms with Gasteiger partial charge in [0.15, 0.2) is 5.15 Å². The smallest absolute Gasteiger partial charge is 0.230 e. The van der Waals surface area contributed by atoms with Crippen LogP contribution in [0.2, 0.25) is 5.15 Å². The number of carbonyl (C=O) groups excluding carboxylic acids is 2. The first kappa shape index (κ1) is 13.9. The van der Waals surface area contributed by atoms with Crippen molar-refractivity contribution in [3.8, 4) is 11.3 Å². The number of nitrogens with zero attached hydrogens (tertiary/aromatic N) is 2. The Balaban J connectivity index is 2.25. The Morgan fingerprint density at radius 1 is 0.952 bits per heavy atom. The molecule has 0 bridgehead atoms. The molecule has 0 fully saturated rings. The minimum atomic E-state index is -0.564. The minimum absolute atomic E-state index is 0.00404. The van der Waals surface area contributed by atoms with E-state index in [1.165, 1.54) is 0 Å². The zero-order valence-electron chi connectivity index (χ0n) is 10.4. The average Bonchev–Trinajstić information content (AvgIpc) is 2.51. The fraction of sp³-hybridized carbons (Fsp3) is 0. The molecule has 0 radical (unpaired) electrons. The third-order valence-electron chi connectivity index (χ3n) is 3.01. The SMILES string of the molecule is NC1=C(Br)C(=O)c2nc(-c3ccccc3)c(Cl)nc2C1=O. The summed E-state index contributed by atoms with van der Waals surface area (Å²) >= 11 is 9.10. The third-order valence-corrected chi connectivity index (χ3v) is 4.06. The lowest BCUT2D eigenvalue weighted by Gasteiger charge is -2.15. The van der Waals surface area contributed by atoms with Crippen molar-refractivity contribution in [2.45, 2.75) is 0 Å². The number of aromatic nitrogens is 2. The first-order chi connectivity index (χ1) is 10.0.